The minimum Gasteiger partial charge on any atom is -0.326 e. The molecule has 20 heavy (non-hydrogen) atoms. The van der Waals surface area contributed by atoms with E-state index in [1.165, 1.54) is 16.4 Å². The van der Waals surface area contributed by atoms with E-state index >= 15 is 0 Å². The van der Waals surface area contributed by atoms with Gasteiger partial charge in [0.05, 0.1) is 9.82 Å². The van der Waals surface area contributed by atoms with Crippen molar-refractivity contribution in [3.8, 4) is 0 Å². The van der Waals surface area contributed by atoms with Gasteiger partial charge in [-0.15, -0.1) is 0 Å². The van der Waals surface area contributed by atoms with E-state index in [9.17, 15) is 18.5 Å². The van der Waals surface area contributed by atoms with Gasteiger partial charge in [0.1, 0.15) is 5.02 Å². The molecular formula is C11H14ClN3O4S. The smallest absolute Gasteiger partial charge is 0.289 e. The largest absolute Gasteiger partial charge is 0.326 e. The Bertz CT molecular complexity index is 639. The van der Waals surface area contributed by atoms with Gasteiger partial charge in [0.2, 0.25) is 10.0 Å². The third-order valence-electron chi connectivity index (χ3n) is 3.39. The van der Waals surface area contributed by atoms with Crippen molar-refractivity contribution in [2.24, 2.45) is 11.7 Å². The molecule has 0 aliphatic carbocycles. The van der Waals surface area contributed by atoms with E-state index in [1.807, 2.05) is 6.92 Å². The van der Waals surface area contributed by atoms with E-state index in [2.05, 4.69) is 0 Å². The average Bonchev–Trinajstić information content (AvgIpc) is 2.70. The molecule has 0 amide bonds. The number of rotatable bonds is 3. The molecule has 1 aliphatic heterocycles. The van der Waals surface area contributed by atoms with E-state index in [-0.39, 0.29) is 28.4 Å². The van der Waals surface area contributed by atoms with Crippen LogP contribution in [-0.4, -0.2) is 36.8 Å². The quantitative estimate of drug-likeness (QED) is 0.665. The molecular weight excluding hydrogens is 306 g/mol. The number of nitro groups is 1. The van der Waals surface area contributed by atoms with Gasteiger partial charge < -0.3 is 5.73 Å². The van der Waals surface area contributed by atoms with E-state index < -0.39 is 20.6 Å². The normalized spacial score (nSPS) is 23.9. The molecule has 0 saturated carbocycles. The molecule has 2 unspecified atom stereocenters. The fourth-order valence-corrected chi connectivity index (χ4v) is 3.87. The summed E-state index contributed by atoms with van der Waals surface area (Å²) in [7, 11) is -3.79. The highest BCUT2D eigenvalue weighted by Gasteiger charge is 2.36. The maximum Gasteiger partial charge on any atom is 0.289 e. The summed E-state index contributed by atoms with van der Waals surface area (Å²) in [5.74, 6) is 0.0482. The Morgan fingerprint density at radius 3 is 2.60 bits per heavy atom. The van der Waals surface area contributed by atoms with Crippen LogP contribution in [0.2, 0.25) is 5.02 Å². The van der Waals surface area contributed by atoms with Crippen LogP contribution < -0.4 is 5.73 Å². The van der Waals surface area contributed by atoms with Gasteiger partial charge >= 0.3 is 0 Å². The highest BCUT2D eigenvalue weighted by molar-refractivity contribution is 7.89. The lowest BCUT2D eigenvalue weighted by Gasteiger charge is -2.16. The number of nitrogens with zero attached hydrogens (tertiary/aromatic N) is 2. The predicted molar refractivity (Wildman–Crippen MR) is 74.0 cm³/mol. The van der Waals surface area contributed by atoms with Gasteiger partial charge in [0.25, 0.3) is 5.69 Å². The highest BCUT2D eigenvalue weighted by Crippen LogP contribution is 2.30. The van der Waals surface area contributed by atoms with Gasteiger partial charge in [-0.05, 0) is 18.1 Å². The summed E-state index contributed by atoms with van der Waals surface area (Å²) in [6, 6.07) is 3.23. The molecule has 0 radical (unpaired) electrons. The van der Waals surface area contributed by atoms with Crippen molar-refractivity contribution in [3.05, 3.63) is 33.3 Å². The molecule has 1 saturated heterocycles. The Kier molecular flexibility index (Phi) is 4.01. The van der Waals surface area contributed by atoms with Crippen LogP contribution in [0, 0.1) is 16.0 Å². The number of nitrogens with two attached hydrogens (primary N) is 1. The Morgan fingerprint density at radius 2 is 2.10 bits per heavy atom. The van der Waals surface area contributed by atoms with E-state index in [4.69, 9.17) is 17.3 Å². The lowest BCUT2D eigenvalue weighted by atomic mass is 10.1. The van der Waals surface area contributed by atoms with Crippen LogP contribution in [0.3, 0.4) is 0 Å². The summed E-state index contributed by atoms with van der Waals surface area (Å²) in [4.78, 5) is 9.97. The summed E-state index contributed by atoms with van der Waals surface area (Å²) in [6.45, 7) is 2.38. The lowest BCUT2D eigenvalue weighted by molar-refractivity contribution is -0.384. The van der Waals surface area contributed by atoms with Crippen molar-refractivity contribution >= 4 is 27.3 Å². The fraction of sp³-hybridized carbons (Fsp3) is 0.455. The van der Waals surface area contributed by atoms with Crippen LogP contribution in [0.1, 0.15) is 6.92 Å². The first kappa shape index (κ1) is 15.2. The van der Waals surface area contributed by atoms with E-state index in [1.54, 1.807) is 0 Å². The standard InChI is InChI=1S/C11H14ClN3O4S/c1-7-5-14(6-10(7)13)20(18,19)8-2-3-9(12)11(4-8)15(16)17/h2-4,7,10H,5-6,13H2,1H3. The number of halogens is 1. The van der Waals surface area contributed by atoms with Gasteiger partial charge in [-0.1, -0.05) is 18.5 Å². The molecule has 2 atom stereocenters. The zero-order chi connectivity index (χ0) is 15.1. The predicted octanol–water partition coefficient (Wildman–Crippen LogP) is 1.22. The molecule has 110 valence electrons. The number of hydrogen-bond donors (Lipinski definition) is 1. The Morgan fingerprint density at radius 1 is 1.45 bits per heavy atom. The van der Waals surface area contributed by atoms with E-state index in [0.717, 1.165) is 6.07 Å². The number of benzene rings is 1. The Labute approximate surface area is 121 Å². The molecule has 1 aromatic rings. The second-order valence-electron chi connectivity index (χ2n) is 4.83. The van der Waals surface area contributed by atoms with Crippen LogP contribution in [0.25, 0.3) is 0 Å². The Hall–Kier alpha value is -1.22. The second-order valence-corrected chi connectivity index (χ2v) is 7.18. The molecule has 0 bridgehead atoms. The monoisotopic (exact) mass is 319 g/mol. The minimum absolute atomic E-state index is 0.0482. The summed E-state index contributed by atoms with van der Waals surface area (Å²) in [6.07, 6.45) is 0. The third-order valence-corrected chi connectivity index (χ3v) is 5.54. The maximum atomic E-state index is 12.4. The molecule has 0 spiro atoms. The van der Waals surface area contributed by atoms with Crippen LogP contribution in [0.15, 0.2) is 23.1 Å². The van der Waals surface area contributed by atoms with Crippen molar-refractivity contribution in [3.63, 3.8) is 0 Å². The van der Waals surface area contributed by atoms with Crippen LogP contribution in [-0.2, 0) is 10.0 Å². The van der Waals surface area contributed by atoms with Crippen molar-refractivity contribution in [1.29, 1.82) is 0 Å². The SMILES string of the molecule is CC1CN(S(=O)(=O)c2ccc(Cl)c([N+](=O)[O-])c2)CC1N. The molecule has 1 fully saturated rings. The molecule has 7 nitrogen and oxygen atoms in total. The Balaban J connectivity index is 2.40. The van der Waals surface area contributed by atoms with Crippen LogP contribution in [0.5, 0.6) is 0 Å². The molecule has 0 aromatic heterocycles. The van der Waals surface area contributed by atoms with Crippen molar-refractivity contribution in [1.82, 2.24) is 4.31 Å². The number of sulfonamides is 1. The molecule has 1 heterocycles. The first-order valence-electron chi connectivity index (χ1n) is 5.93. The zero-order valence-corrected chi connectivity index (χ0v) is 12.3. The molecule has 1 aromatic carbocycles. The topological polar surface area (TPSA) is 107 Å². The van der Waals surface area contributed by atoms with Crippen molar-refractivity contribution in [2.75, 3.05) is 13.1 Å². The fourth-order valence-electron chi connectivity index (χ4n) is 2.08. The maximum absolute atomic E-state index is 12.4. The summed E-state index contributed by atoms with van der Waals surface area (Å²) in [5, 5.41) is 10.7. The zero-order valence-electron chi connectivity index (χ0n) is 10.7. The first-order valence-corrected chi connectivity index (χ1v) is 7.75. The number of hydrogen-bond acceptors (Lipinski definition) is 5. The van der Waals surface area contributed by atoms with Crippen molar-refractivity contribution < 1.29 is 13.3 Å². The van der Waals surface area contributed by atoms with Gasteiger partial charge in [0.15, 0.2) is 0 Å². The first-order chi connectivity index (χ1) is 9.23. The van der Waals surface area contributed by atoms with Crippen molar-refractivity contribution in [2.45, 2.75) is 17.9 Å². The molecule has 2 rings (SSSR count). The van der Waals surface area contributed by atoms with Gasteiger partial charge in [-0.3, -0.25) is 10.1 Å². The number of nitro benzene ring substituents is 1. The van der Waals surface area contributed by atoms with Gasteiger partial charge in [-0.2, -0.15) is 4.31 Å². The van der Waals surface area contributed by atoms with Crippen LogP contribution >= 0.6 is 11.6 Å². The molecule has 2 N–H and O–H groups in total. The summed E-state index contributed by atoms with van der Waals surface area (Å²) >= 11 is 5.68. The summed E-state index contributed by atoms with van der Waals surface area (Å²) in [5.41, 5.74) is 5.38. The lowest BCUT2D eigenvalue weighted by Crippen LogP contribution is -2.32. The third kappa shape index (κ3) is 2.64. The summed E-state index contributed by atoms with van der Waals surface area (Å²) < 4.78 is 26.1. The molecule has 9 heteroatoms. The van der Waals surface area contributed by atoms with E-state index in [0.29, 0.717) is 6.54 Å². The van der Waals surface area contributed by atoms with Gasteiger partial charge in [-0.25, -0.2) is 8.42 Å². The van der Waals surface area contributed by atoms with Crippen LogP contribution in [0.4, 0.5) is 5.69 Å². The highest BCUT2D eigenvalue weighted by atomic mass is 35.5. The average molecular weight is 320 g/mol. The minimum atomic E-state index is -3.79. The second kappa shape index (κ2) is 5.28. The van der Waals surface area contributed by atoms with Gasteiger partial charge in [0, 0.05) is 25.2 Å². The molecule has 1 aliphatic rings.